The number of allylic oxidation sites excluding steroid dienone is 7. The maximum Gasteiger partial charge on any atom is 0.131 e. The number of pyridine rings is 1. The molecule has 2 atom stereocenters. The van der Waals surface area contributed by atoms with Gasteiger partial charge >= 0.3 is 0 Å². The number of hydrogen-bond acceptors (Lipinski definition) is 1. The van der Waals surface area contributed by atoms with Gasteiger partial charge < -0.3 is 0 Å². The molecule has 0 bridgehead atoms. The van der Waals surface area contributed by atoms with Crippen molar-refractivity contribution in [2.75, 3.05) is 0 Å². The summed E-state index contributed by atoms with van der Waals surface area (Å²) in [4.78, 5) is 4.37. The Balaban J connectivity index is 1.87. The van der Waals surface area contributed by atoms with Gasteiger partial charge in [0, 0.05) is 22.6 Å². The van der Waals surface area contributed by atoms with Gasteiger partial charge in [-0.15, -0.1) is 0 Å². The van der Waals surface area contributed by atoms with Gasteiger partial charge in [-0.05, 0) is 32.1 Å². The summed E-state index contributed by atoms with van der Waals surface area (Å²) in [5, 5.41) is 2.11. The number of benzene rings is 1. The van der Waals surface area contributed by atoms with Crippen LogP contribution in [0, 0.1) is 5.41 Å². The fourth-order valence-corrected chi connectivity index (χ4v) is 3.14. The molecule has 0 saturated carbocycles. The number of hydrogen-bond donors (Lipinski definition) is 0. The summed E-state index contributed by atoms with van der Waals surface area (Å²) in [7, 11) is 0. The van der Waals surface area contributed by atoms with Crippen LogP contribution in [0.4, 0.5) is 4.39 Å². The average molecular weight is 374 g/mol. The lowest BCUT2D eigenvalue weighted by molar-refractivity contribution is 0.267. The Morgan fingerprint density at radius 1 is 1.24 bits per heavy atom. The molecule has 3 rings (SSSR count). The summed E-state index contributed by atoms with van der Waals surface area (Å²) < 4.78 is 14.3. The highest BCUT2D eigenvalue weighted by molar-refractivity contribution is 6.33. The highest BCUT2D eigenvalue weighted by Crippen LogP contribution is 2.34. The summed E-state index contributed by atoms with van der Waals surface area (Å²) in [6.45, 7) is 3.77. The quantitative estimate of drug-likeness (QED) is 0.529. The topological polar surface area (TPSA) is 12.9 Å². The second-order valence-electron chi connectivity index (χ2n) is 6.42. The van der Waals surface area contributed by atoms with Crippen LogP contribution in [0.15, 0.2) is 66.4 Å². The van der Waals surface area contributed by atoms with Gasteiger partial charge in [-0.2, -0.15) is 0 Å². The number of nitrogens with zero attached hydrogens (tertiary/aromatic N) is 1. The number of rotatable bonds is 3. The fourth-order valence-electron chi connectivity index (χ4n) is 2.76. The van der Waals surface area contributed by atoms with Crippen LogP contribution < -0.4 is 0 Å². The van der Waals surface area contributed by atoms with Crippen LogP contribution >= 0.6 is 23.2 Å². The van der Waals surface area contributed by atoms with Crippen LogP contribution in [0.3, 0.4) is 0 Å². The van der Waals surface area contributed by atoms with E-state index in [0.717, 1.165) is 22.0 Å². The molecule has 2 unspecified atom stereocenters. The summed E-state index contributed by atoms with van der Waals surface area (Å²) >= 11 is 12.3. The molecule has 0 radical (unpaired) electrons. The van der Waals surface area contributed by atoms with Crippen LogP contribution in [-0.2, 0) is 0 Å². The van der Waals surface area contributed by atoms with Crippen molar-refractivity contribution in [2.45, 2.75) is 20.0 Å². The third-order valence-electron chi connectivity index (χ3n) is 4.34. The minimum Gasteiger partial charge on any atom is -0.254 e. The van der Waals surface area contributed by atoms with Gasteiger partial charge in [0.1, 0.15) is 6.17 Å². The first-order valence-corrected chi connectivity index (χ1v) is 8.76. The number of halogens is 3. The van der Waals surface area contributed by atoms with E-state index < -0.39 is 11.6 Å². The van der Waals surface area contributed by atoms with Gasteiger partial charge in [0.25, 0.3) is 0 Å². The molecule has 0 saturated heterocycles. The summed E-state index contributed by atoms with van der Waals surface area (Å²) in [5.74, 6) is 0. The lowest BCUT2D eigenvalue weighted by Gasteiger charge is -2.27. The zero-order valence-corrected chi connectivity index (χ0v) is 15.5. The predicted molar refractivity (Wildman–Crippen MR) is 106 cm³/mol. The zero-order chi connectivity index (χ0) is 18.0. The average Bonchev–Trinajstić information content (AvgIpc) is 2.57. The Morgan fingerprint density at radius 2 is 2.04 bits per heavy atom. The Kier molecular flexibility index (Phi) is 5.12. The van der Waals surface area contributed by atoms with E-state index in [4.69, 9.17) is 23.2 Å². The molecule has 128 valence electrons. The Bertz CT molecular complexity index is 927. The Morgan fingerprint density at radius 3 is 2.80 bits per heavy atom. The van der Waals surface area contributed by atoms with Crippen LogP contribution in [-0.4, -0.2) is 11.2 Å². The van der Waals surface area contributed by atoms with E-state index in [1.54, 1.807) is 12.3 Å². The molecule has 1 aliphatic rings. The molecule has 0 amide bonds. The monoisotopic (exact) mass is 373 g/mol. The molecular formula is C21H18Cl2FN. The van der Waals surface area contributed by atoms with Gasteiger partial charge in [0.2, 0.25) is 0 Å². The molecule has 0 aliphatic heterocycles. The SMILES string of the molecule is CC1=CC(F)C(C)(C=CC=Cc2c(Cl)ccc3cc(Cl)cnc23)C=C1. The van der Waals surface area contributed by atoms with Gasteiger partial charge in [0.05, 0.1) is 15.6 Å². The van der Waals surface area contributed by atoms with Crippen molar-refractivity contribution in [3.05, 3.63) is 82.0 Å². The van der Waals surface area contributed by atoms with Gasteiger partial charge in [-0.3, -0.25) is 4.98 Å². The van der Waals surface area contributed by atoms with Crippen LogP contribution in [0.5, 0.6) is 0 Å². The van der Waals surface area contributed by atoms with Gasteiger partial charge in [0.15, 0.2) is 0 Å². The maximum absolute atomic E-state index is 14.3. The van der Waals surface area contributed by atoms with Crippen molar-refractivity contribution in [2.24, 2.45) is 5.41 Å². The van der Waals surface area contributed by atoms with Crippen LogP contribution in [0.1, 0.15) is 19.4 Å². The first kappa shape index (κ1) is 17.9. The van der Waals surface area contributed by atoms with Crippen molar-refractivity contribution in [1.29, 1.82) is 0 Å². The van der Waals surface area contributed by atoms with Crippen molar-refractivity contribution in [1.82, 2.24) is 4.98 Å². The lowest BCUT2D eigenvalue weighted by atomic mass is 9.80. The van der Waals surface area contributed by atoms with Crippen molar-refractivity contribution in [3.8, 4) is 0 Å². The van der Waals surface area contributed by atoms with Crippen LogP contribution in [0.2, 0.25) is 10.0 Å². The Labute approximate surface area is 157 Å². The van der Waals surface area contributed by atoms with Gasteiger partial charge in [-0.25, -0.2) is 4.39 Å². The van der Waals surface area contributed by atoms with Crippen molar-refractivity contribution >= 4 is 40.2 Å². The minimum atomic E-state index is -1.04. The molecule has 1 aliphatic carbocycles. The fraction of sp³-hybridized carbons (Fsp3) is 0.190. The lowest BCUT2D eigenvalue weighted by Crippen LogP contribution is -2.25. The third-order valence-corrected chi connectivity index (χ3v) is 4.88. The molecule has 0 N–H and O–H groups in total. The van der Waals surface area contributed by atoms with Crippen molar-refractivity contribution < 1.29 is 4.39 Å². The summed E-state index contributed by atoms with van der Waals surface area (Å²) in [6, 6.07) is 5.56. The molecule has 1 nitrogen and oxygen atoms in total. The van der Waals surface area contributed by atoms with E-state index in [-0.39, 0.29) is 0 Å². The maximum atomic E-state index is 14.3. The second kappa shape index (κ2) is 7.15. The van der Waals surface area contributed by atoms with Crippen LogP contribution in [0.25, 0.3) is 17.0 Å². The number of fused-ring (bicyclic) bond motifs is 1. The molecular weight excluding hydrogens is 356 g/mol. The molecule has 1 heterocycles. The molecule has 0 fully saturated rings. The molecule has 1 aromatic heterocycles. The van der Waals surface area contributed by atoms with E-state index in [1.807, 2.05) is 68.5 Å². The smallest absolute Gasteiger partial charge is 0.131 e. The highest BCUT2D eigenvalue weighted by atomic mass is 35.5. The van der Waals surface area contributed by atoms with E-state index in [1.165, 1.54) is 0 Å². The molecule has 2 aromatic rings. The first-order valence-electron chi connectivity index (χ1n) is 8.00. The normalized spacial score (nSPS) is 23.7. The van der Waals surface area contributed by atoms with E-state index in [0.29, 0.717) is 10.0 Å². The van der Waals surface area contributed by atoms with E-state index in [2.05, 4.69) is 4.98 Å². The zero-order valence-electron chi connectivity index (χ0n) is 14.0. The molecule has 25 heavy (non-hydrogen) atoms. The minimum absolute atomic E-state index is 0.582. The number of aromatic nitrogens is 1. The standard InChI is InChI=1S/C21H18Cl2FN/c1-14-8-10-21(2,19(24)11-14)9-4-3-5-17-18(23)7-6-15-12-16(22)13-25-20(15)17/h3-13,19H,1-2H3. The first-order chi connectivity index (χ1) is 11.9. The molecule has 4 heteroatoms. The third kappa shape index (κ3) is 3.86. The van der Waals surface area contributed by atoms with Gasteiger partial charge in [-0.1, -0.05) is 71.3 Å². The number of alkyl halides is 1. The molecule has 1 aromatic carbocycles. The Hall–Kier alpha value is -1.90. The molecule has 0 spiro atoms. The van der Waals surface area contributed by atoms with E-state index >= 15 is 0 Å². The van der Waals surface area contributed by atoms with Crippen molar-refractivity contribution in [3.63, 3.8) is 0 Å². The summed E-state index contributed by atoms with van der Waals surface area (Å²) in [5.41, 5.74) is 1.91. The summed E-state index contributed by atoms with van der Waals surface area (Å²) in [6.07, 6.45) is 13.5. The predicted octanol–water partition coefficient (Wildman–Crippen LogP) is 6.97. The largest absolute Gasteiger partial charge is 0.254 e. The second-order valence-corrected chi connectivity index (χ2v) is 7.26. The van der Waals surface area contributed by atoms with E-state index in [9.17, 15) is 4.39 Å². The highest BCUT2D eigenvalue weighted by Gasteiger charge is 2.29.